The molecule has 19 heavy (non-hydrogen) atoms. The van der Waals surface area contributed by atoms with E-state index in [1.165, 1.54) is 9.75 Å². The van der Waals surface area contributed by atoms with Gasteiger partial charge >= 0.3 is 0 Å². The predicted molar refractivity (Wildman–Crippen MR) is 80.7 cm³/mol. The van der Waals surface area contributed by atoms with Crippen LogP contribution in [-0.4, -0.2) is 17.0 Å². The van der Waals surface area contributed by atoms with E-state index >= 15 is 0 Å². The normalized spacial score (nSPS) is 10.8. The van der Waals surface area contributed by atoms with Crippen LogP contribution in [-0.2, 0) is 6.54 Å². The van der Waals surface area contributed by atoms with E-state index < -0.39 is 0 Å². The van der Waals surface area contributed by atoms with Crippen LogP contribution in [0.25, 0.3) is 10.9 Å². The molecule has 2 aromatic heterocycles. The molecule has 1 aromatic carbocycles. The van der Waals surface area contributed by atoms with E-state index in [0.29, 0.717) is 0 Å². The van der Waals surface area contributed by atoms with Gasteiger partial charge < -0.3 is 4.90 Å². The maximum Gasteiger partial charge on any atom is 0.139 e. The van der Waals surface area contributed by atoms with Crippen molar-refractivity contribution in [2.24, 2.45) is 0 Å². The minimum atomic E-state index is 0.875. The quantitative estimate of drug-likeness (QED) is 0.727. The van der Waals surface area contributed by atoms with E-state index in [2.05, 4.69) is 47.0 Å². The number of thiophene rings is 1. The molecule has 0 saturated heterocycles. The molecule has 0 amide bonds. The van der Waals surface area contributed by atoms with Crippen LogP contribution in [0.2, 0.25) is 0 Å². The lowest BCUT2D eigenvalue weighted by molar-refractivity contribution is 0.915. The summed E-state index contributed by atoms with van der Waals surface area (Å²) in [5, 5.41) is 1.10. The summed E-state index contributed by atoms with van der Waals surface area (Å²) in [5.74, 6) is 0.983. The van der Waals surface area contributed by atoms with Crippen molar-refractivity contribution in [3.8, 4) is 0 Å². The Labute approximate surface area is 116 Å². The molecule has 4 heteroatoms. The molecule has 3 aromatic rings. The molecule has 0 unspecified atom stereocenters. The fraction of sp³-hybridized carbons (Fsp3) is 0.200. The highest BCUT2D eigenvalue weighted by atomic mass is 32.1. The van der Waals surface area contributed by atoms with Crippen molar-refractivity contribution in [3.05, 3.63) is 52.5 Å². The highest BCUT2D eigenvalue weighted by molar-refractivity contribution is 7.11. The molecule has 0 radical (unpaired) electrons. The molecule has 3 nitrogen and oxygen atoms in total. The summed E-state index contributed by atoms with van der Waals surface area (Å²) in [5.41, 5.74) is 0.988. The number of aryl methyl sites for hydroxylation is 1. The van der Waals surface area contributed by atoms with E-state index in [1.54, 1.807) is 6.33 Å². The Bertz CT molecular complexity index is 700. The third-order valence-corrected chi connectivity index (χ3v) is 4.06. The lowest BCUT2D eigenvalue weighted by Crippen LogP contribution is -2.17. The molecule has 0 N–H and O–H groups in total. The van der Waals surface area contributed by atoms with E-state index in [4.69, 9.17) is 0 Å². The topological polar surface area (TPSA) is 29.0 Å². The summed E-state index contributed by atoms with van der Waals surface area (Å²) in [4.78, 5) is 13.6. The highest BCUT2D eigenvalue weighted by Crippen LogP contribution is 2.24. The Morgan fingerprint density at radius 3 is 2.74 bits per heavy atom. The zero-order chi connectivity index (χ0) is 13.2. The van der Waals surface area contributed by atoms with Crippen LogP contribution in [0.1, 0.15) is 9.75 Å². The second-order valence-electron chi connectivity index (χ2n) is 4.58. The van der Waals surface area contributed by atoms with Crippen LogP contribution < -0.4 is 4.90 Å². The largest absolute Gasteiger partial charge is 0.354 e. The van der Waals surface area contributed by atoms with Crippen LogP contribution in [0.5, 0.6) is 0 Å². The van der Waals surface area contributed by atoms with Crippen LogP contribution >= 0.6 is 11.3 Å². The molecule has 96 valence electrons. The predicted octanol–water partition coefficient (Wildman–Crippen LogP) is 3.64. The van der Waals surface area contributed by atoms with Crippen molar-refractivity contribution < 1.29 is 0 Å². The van der Waals surface area contributed by atoms with Crippen molar-refractivity contribution in [3.63, 3.8) is 0 Å². The molecule has 0 fully saturated rings. The lowest BCUT2D eigenvalue weighted by atomic mass is 10.2. The van der Waals surface area contributed by atoms with Crippen molar-refractivity contribution >= 4 is 28.1 Å². The van der Waals surface area contributed by atoms with Gasteiger partial charge in [-0.25, -0.2) is 9.97 Å². The number of rotatable bonds is 3. The van der Waals surface area contributed by atoms with Gasteiger partial charge in [-0.15, -0.1) is 11.3 Å². The first kappa shape index (κ1) is 12.1. The van der Waals surface area contributed by atoms with Gasteiger partial charge in [0.2, 0.25) is 0 Å². The van der Waals surface area contributed by atoms with Gasteiger partial charge in [-0.05, 0) is 31.2 Å². The van der Waals surface area contributed by atoms with Gasteiger partial charge in [-0.2, -0.15) is 0 Å². The number of aromatic nitrogens is 2. The van der Waals surface area contributed by atoms with Crippen LogP contribution in [0, 0.1) is 6.92 Å². The lowest BCUT2D eigenvalue weighted by Gasteiger charge is -2.18. The molecule has 0 aliphatic heterocycles. The van der Waals surface area contributed by atoms with E-state index in [0.717, 1.165) is 23.3 Å². The van der Waals surface area contributed by atoms with Crippen LogP contribution in [0.4, 0.5) is 5.82 Å². The molecule has 0 atom stereocenters. The van der Waals surface area contributed by atoms with Crippen LogP contribution in [0.15, 0.2) is 42.7 Å². The standard InChI is InChI=1S/C15H15N3S/c1-11-7-8-12(19-11)9-18(2)15-13-5-3-4-6-14(13)16-10-17-15/h3-8,10H,9H2,1-2H3. The van der Waals surface area contributed by atoms with Crippen molar-refractivity contribution in [2.45, 2.75) is 13.5 Å². The fourth-order valence-electron chi connectivity index (χ4n) is 2.17. The summed E-state index contributed by atoms with van der Waals surface area (Å²) in [6, 6.07) is 12.5. The van der Waals surface area contributed by atoms with Gasteiger partial charge in [0.15, 0.2) is 0 Å². The number of hydrogen-bond donors (Lipinski definition) is 0. The van der Waals surface area contributed by atoms with Crippen molar-refractivity contribution in [1.29, 1.82) is 0 Å². The summed E-state index contributed by atoms with van der Waals surface area (Å²) in [7, 11) is 2.07. The highest BCUT2D eigenvalue weighted by Gasteiger charge is 2.09. The zero-order valence-electron chi connectivity index (χ0n) is 11.0. The number of fused-ring (bicyclic) bond motifs is 1. The molecule has 0 aliphatic carbocycles. The van der Waals surface area contributed by atoms with Gasteiger partial charge in [0.05, 0.1) is 12.1 Å². The van der Waals surface area contributed by atoms with Gasteiger partial charge in [0.25, 0.3) is 0 Å². The average Bonchev–Trinajstić information content (AvgIpc) is 2.83. The van der Waals surface area contributed by atoms with Gasteiger partial charge in [0, 0.05) is 22.2 Å². The minimum absolute atomic E-state index is 0.875. The van der Waals surface area contributed by atoms with Crippen molar-refractivity contribution in [2.75, 3.05) is 11.9 Å². The Morgan fingerprint density at radius 2 is 1.95 bits per heavy atom. The maximum absolute atomic E-state index is 4.43. The first-order chi connectivity index (χ1) is 9.24. The van der Waals surface area contributed by atoms with Gasteiger partial charge in [-0.1, -0.05) is 12.1 Å². The Hall–Kier alpha value is -1.94. The van der Waals surface area contributed by atoms with E-state index in [1.807, 2.05) is 29.5 Å². The summed E-state index contributed by atoms with van der Waals surface area (Å²) < 4.78 is 0. The smallest absolute Gasteiger partial charge is 0.139 e. The number of anilines is 1. The average molecular weight is 269 g/mol. The molecule has 0 aliphatic rings. The zero-order valence-corrected chi connectivity index (χ0v) is 11.8. The Balaban J connectivity index is 1.95. The Kier molecular flexibility index (Phi) is 3.17. The number of nitrogens with zero attached hydrogens (tertiary/aromatic N) is 3. The minimum Gasteiger partial charge on any atom is -0.354 e. The van der Waals surface area contributed by atoms with Crippen LogP contribution in [0.3, 0.4) is 0 Å². The third-order valence-electron chi connectivity index (χ3n) is 3.07. The molecule has 3 rings (SSSR count). The first-order valence-corrected chi connectivity index (χ1v) is 7.02. The number of hydrogen-bond acceptors (Lipinski definition) is 4. The number of para-hydroxylation sites is 1. The second-order valence-corrected chi connectivity index (χ2v) is 5.96. The molecular weight excluding hydrogens is 254 g/mol. The summed E-state index contributed by atoms with van der Waals surface area (Å²) in [6.07, 6.45) is 1.63. The number of benzene rings is 1. The first-order valence-electron chi connectivity index (χ1n) is 6.20. The molecule has 0 spiro atoms. The Morgan fingerprint density at radius 1 is 1.11 bits per heavy atom. The van der Waals surface area contributed by atoms with Crippen molar-refractivity contribution in [1.82, 2.24) is 9.97 Å². The van der Waals surface area contributed by atoms with Gasteiger partial charge in [-0.3, -0.25) is 0 Å². The second kappa shape index (κ2) is 4.97. The fourth-order valence-corrected chi connectivity index (χ4v) is 3.12. The van der Waals surface area contributed by atoms with E-state index in [9.17, 15) is 0 Å². The SMILES string of the molecule is Cc1ccc(CN(C)c2ncnc3ccccc23)s1. The monoisotopic (exact) mass is 269 g/mol. The van der Waals surface area contributed by atoms with E-state index in [-0.39, 0.29) is 0 Å². The molecule has 0 saturated carbocycles. The molecule has 2 heterocycles. The molecule has 0 bridgehead atoms. The van der Waals surface area contributed by atoms with Gasteiger partial charge in [0.1, 0.15) is 12.1 Å². The summed E-state index contributed by atoms with van der Waals surface area (Å²) in [6.45, 7) is 3.01. The third kappa shape index (κ3) is 2.44. The maximum atomic E-state index is 4.43. The summed E-state index contributed by atoms with van der Waals surface area (Å²) >= 11 is 1.83. The molecular formula is C15H15N3S.